The lowest BCUT2D eigenvalue weighted by Crippen LogP contribution is -2.41. The molecule has 5 rings (SSSR count). The Hall–Kier alpha value is -3.49. The zero-order valence-electron chi connectivity index (χ0n) is 15.4. The molecule has 29 heavy (non-hydrogen) atoms. The summed E-state index contributed by atoms with van der Waals surface area (Å²) in [5.41, 5.74) is 1.81. The van der Waals surface area contributed by atoms with Crippen molar-refractivity contribution in [2.75, 3.05) is 6.54 Å². The number of fused-ring (bicyclic) bond motifs is 2. The van der Waals surface area contributed by atoms with Gasteiger partial charge in [0.15, 0.2) is 6.39 Å². The van der Waals surface area contributed by atoms with E-state index in [0.717, 1.165) is 5.69 Å². The highest BCUT2D eigenvalue weighted by Gasteiger charge is 2.41. The third-order valence-electron chi connectivity index (χ3n) is 5.25. The van der Waals surface area contributed by atoms with E-state index in [1.54, 1.807) is 31.2 Å². The summed E-state index contributed by atoms with van der Waals surface area (Å²) in [6.07, 6.45) is 0.417. The number of aromatic amines is 1. The highest BCUT2D eigenvalue weighted by atomic mass is 19.3. The lowest BCUT2D eigenvalue weighted by Gasteiger charge is -2.33. The minimum absolute atomic E-state index is 0.0137. The van der Waals surface area contributed by atoms with Gasteiger partial charge >= 0.3 is 0 Å². The molecule has 3 aromatic heterocycles. The first-order chi connectivity index (χ1) is 14.1. The van der Waals surface area contributed by atoms with Crippen molar-refractivity contribution in [2.24, 2.45) is 0 Å². The first kappa shape index (κ1) is 17.6. The number of amides is 1. The van der Waals surface area contributed by atoms with Gasteiger partial charge in [-0.1, -0.05) is 18.2 Å². The van der Waals surface area contributed by atoms with Crippen molar-refractivity contribution >= 4 is 16.9 Å². The van der Waals surface area contributed by atoms with Gasteiger partial charge < -0.3 is 18.7 Å². The third kappa shape index (κ3) is 2.65. The standard InChI is InChI=1S/C20H16F2N4O3/c1-10-17(28-9-25-10)20(27)26-7-6-12-15(24-8-23-12)16(26)18-14(19(21)22)11-4-2-3-5-13(11)29-18/h2-5,8-9,16,19H,6-7H2,1H3,(H,23,24)/t16-/m0/s1. The van der Waals surface area contributed by atoms with Crippen molar-refractivity contribution < 1.29 is 22.4 Å². The molecule has 0 aliphatic carbocycles. The molecular formula is C20H16F2N4O3. The van der Waals surface area contributed by atoms with Gasteiger partial charge in [0.1, 0.15) is 17.4 Å². The molecule has 0 spiro atoms. The average molecular weight is 398 g/mol. The Morgan fingerprint density at radius 3 is 2.90 bits per heavy atom. The average Bonchev–Trinajstić information content (AvgIpc) is 3.43. The Bertz CT molecular complexity index is 1210. The van der Waals surface area contributed by atoms with Gasteiger partial charge in [0.05, 0.1) is 23.3 Å². The van der Waals surface area contributed by atoms with Gasteiger partial charge in [-0.25, -0.2) is 18.7 Å². The van der Waals surface area contributed by atoms with Crippen LogP contribution in [0.4, 0.5) is 8.78 Å². The lowest BCUT2D eigenvalue weighted by atomic mass is 9.96. The Balaban J connectivity index is 1.72. The molecule has 0 saturated carbocycles. The highest BCUT2D eigenvalue weighted by Crippen LogP contribution is 2.43. The predicted molar refractivity (Wildman–Crippen MR) is 97.6 cm³/mol. The number of hydrogen-bond donors (Lipinski definition) is 1. The van der Waals surface area contributed by atoms with Crippen molar-refractivity contribution in [1.29, 1.82) is 0 Å². The molecule has 0 bridgehead atoms. The Labute approximate surface area is 163 Å². The SMILES string of the molecule is Cc1ncoc1C(=O)N1CCc2[nH]cnc2[C@H]1c1oc2ccccc2c1C(F)F. The summed E-state index contributed by atoms with van der Waals surface area (Å²) in [7, 11) is 0. The number of aromatic nitrogens is 3. The fraction of sp³-hybridized carbons (Fsp3) is 0.250. The summed E-state index contributed by atoms with van der Waals surface area (Å²) in [5.74, 6) is -0.359. The second kappa shape index (κ2) is 6.54. The Morgan fingerprint density at radius 1 is 1.31 bits per heavy atom. The van der Waals surface area contributed by atoms with Gasteiger partial charge in [0.25, 0.3) is 12.3 Å². The number of nitrogens with zero attached hydrogens (tertiary/aromatic N) is 3. The number of alkyl halides is 2. The topological polar surface area (TPSA) is 88.2 Å². The van der Waals surface area contributed by atoms with E-state index in [0.29, 0.717) is 35.3 Å². The van der Waals surface area contributed by atoms with Crippen LogP contribution in [0.2, 0.25) is 0 Å². The summed E-state index contributed by atoms with van der Waals surface area (Å²) < 4.78 is 39.3. The van der Waals surface area contributed by atoms with Gasteiger partial charge in [-0.3, -0.25) is 4.79 Å². The molecule has 1 amide bonds. The van der Waals surface area contributed by atoms with E-state index in [2.05, 4.69) is 15.0 Å². The van der Waals surface area contributed by atoms with Crippen LogP contribution in [0.15, 0.2) is 45.8 Å². The van der Waals surface area contributed by atoms with E-state index in [9.17, 15) is 13.6 Å². The maximum absolute atomic E-state index is 14.1. The van der Waals surface area contributed by atoms with Crippen LogP contribution < -0.4 is 0 Å². The lowest BCUT2D eigenvalue weighted by molar-refractivity contribution is 0.0630. The molecule has 1 aromatic carbocycles. The first-order valence-corrected chi connectivity index (χ1v) is 9.09. The van der Waals surface area contributed by atoms with Crippen LogP contribution in [0.3, 0.4) is 0 Å². The van der Waals surface area contributed by atoms with Gasteiger partial charge in [-0.05, 0) is 13.0 Å². The molecule has 4 heterocycles. The molecule has 1 aliphatic rings. The van der Waals surface area contributed by atoms with Gasteiger partial charge in [-0.2, -0.15) is 0 Å². The number of aryl methyl sites for hydroxylation is 1. The van der Waals surface area contributed by atoms with Crippen molar-refractivity contribution in [2.45, 2.75) is 25.8 Å². The van der Waals surface area contributed by atoms with Crippen LogP contribution >= 0.6 is 0 Å². The van der Waals surface area contributed by atoms with Crippen molar-refractivity contribution in [3.05, 3.63) is 71.2 Å². The van der Waals surface area contributed by atoms with Crippen molar-refractivity contribution in [3.8, 4) is 0 Å². The van der Waals surface area contributed by atoms with E-state index in [1.807, 2.05) is 0 Å². The molecule has 0 radical (unpaired) electrons. The molecule has 1 aliphatic heterocycles. The fourth-order valence-corrected chi connectivity index (χ4v) is 3.91. The Morgan fingerprint density at radius 2 is 2.14 bits per heavy atom. The number of imidazole rings is 1. The maximum Gasteiger partial charge on any atom is 0.292 e. The largest absolute Gasteiger partial charge is 0.458 e. The molecule has 4 aromatic rings. The van der Waals surface area contributed by atoms with Crippen LogP contribution in [-0.2, 0) is 6.42 Å². The minimum Gasteiger partial charge on any atom is -0.458 e. The number of carbonyl (C=O) groups excluding carboxylic acids is 1. The molecule has 9 heteroatoms. The number of nitrogens with one attached hydrogen (secondary N) is 1. The number of rotatable bonds is 3. The van der Waals surface area contributed by atoms with E-state index >= 15 is 0 Å². The van der Waals surface area contributed by atoms with Crippen LogP contribution in [0, 0.1) is 6.92 Å². The van der Waals surface area contributed by atoms with Crippen molar-refractivity contribution in [3.63, 3.8) is 0 Å². The molecule has 0 unspecified atom stereocenters. The quantitative estimate of drug-likeness (QED) is 0.559. The number of benzene rings is 1. The number of furan rings is 1. The third-order valence-corrected chi connectivity index (χ3v) is 5.25. The zero-order valence-corrected chi connectivity index (χ0v) is 15.4. The predicted octanol–water partition coefficient (Wildman–Crippen LogP) is 4.18. The first-order valence-electron chi connectivity index (χ1n) is 9.09. The van der Waals surface area contributed by atoms with Gasteiger partial charge in [0.2, 0.25) is 5.76 Å². The summed E-state index contributed by atoms with van der Waals surface area (Å²) in [6.45, 7) is 1.94. The van der Waals surface area contributed by atoms with Gasteiger partial charge in [0, 0.05) is 24.0 Å². The number of carbonyl (C=O) groups is 1. The number of H-pyrrole nitrogens is 1. The van der Waals surface area contributed by atoms with Crippen LogP contribution in [0.5, 0.6) is 0 Å². The summed E-state index contributed by atoms with van der Waals surface area (Å²) in [4.78, 5) is 26.0. The van der Waals surface area contributed by atoms with E-state index in [1.165, 1.54) is 17.6 Å². The molecule has 7 nitrogen and oxygen atoms in total. The molecule has 0 saturated heterocycles. The molecule has 1 N–H and O–H groups in total. The number of oxazole rings is 1. The van der Waals surface area contributed by atoms with Crippen LogP contribution in [-0.4, -0.2) is 32.3 Å². The molecule has 148 valence electrons. The minimum atomic E-state index is -2.78. The van der Waals surface area contributed by atoms with E-state index in [-0.39, 0.29) is 17.1 Å². The van der Waals surface area contributed by atoms with Crippen LogP contribution in [0.1, 0.15) is 51.4 Å². The summed E-state index contributed by atoms with van der Waals surface area (Å²) in [6, 6.07) is 5.71. The molecule has 1 atom stereocenters. The number of halogens is 2. The number of hydrogen-bond acceptors (Lipinski definition) is 5. The zero-order chi connectivity index (χ0) is 20.1. The summed E-state index contributed by atoms with van der Waals surface area (Å²) >= 11 is 0. The molecular weight excluding hydrogens is 382 g/mol. The van der Waals surface area contributed by atoms with E-state index < -0.39 is 18.4 Å². The molecule has 0 fully saturated rings. The maximum atomic E-state index is 14.1. The number of para-hydroxylation sites is 1. The van der Waals surface area contributed by atoms with Gasteiger partial charge in [-0.15, -0.1) is 0 Å². The highest BCUT2D eigenvalue weighted by molar-refractivity contribution is 5.93. The normalized spacial score (nSPS) is 16.6. The smallest absolute Gasteiger partial charge is 0.292 e. The second-order valence-corrected chi connectivity index (χ2v) is 6.86. The Kier molecular flexibility index (Phi) is 3.97. The second-order valence-electron chi connectivity index (χ2n) is 6.86. The van der Waals surface area contributed by atoms with Crippen LogP contribution in [0.25, 0.3) is 11.0 Å². The van der Waals surface area contributed by atoms with Crippen molar-refractivity contribution in [1.82, 2.24) is 19.9 Å². The van der Waals surface area contributed by atoms with E-state index in [4.69, 9.17) is 8.83 Å². The summed E-state index contributed by atoms with van der Waals surface area (Å²) in [5, 5.41) is 0.323. The fourth-order valence-electron chi connectivity index (χ4n) is 3.91. The monoisotopic (exact) mass is 398 g/mol.